The highest BCUT2D eigenvalue weighted by Gasteiger charge is 2.36. The number of non-ortho nitro benzene ring substituents is 1. The summed E-state index contributed by atoms with van der Waals surface area (Å²) in [6.07, 6.45) is 1.21. The number of nitro benzene ring substituents is 1. The Morgan fingerprint density at radius 1 is 0.914 bits per heavy atom. The molecule has 1 aliphatic rings. The van der Waals surface area contributed by atoms with E-state index < -0.39 is 35.3 Å². The number of esters is 1. The maximum absolute atomic E-state index is 12.9. The van der Waals surface area contributed by atoms with Crippen molar-refractivity contribution in [3.8, 4) is 0 Å². The number of imide groups is 1. The molecule has 0 radical (unpaired) electrons. The van der Waals surface area contributed by atoms with Gasteiger partial charge in [0.2, 0.25) is 0 Å². The number of nitro groups is 1. The van der Waals surface area contributed by atoms with Gasteiger partial charge in [0.1, 0.15) is 5.70 Å². The normalized spacial score (nSPS) is 12.8. The van der Waals surface area contributed by atoms with Crippen LogP contribution in [0, 0.1) is 10.1 Å². The smallest absolute Gasteiger partial charge is 0.356 e. The number of hydrogen-bond donors (Lipinski definition) is 1. The van der Waals surface area contributed by atoms with E-state index in [-0.39, 0.29) is 33.6 Å². The molecule has 1 aliphatic heterocycles. The Balaban J connectivity index is 1.57. The third-order valence-corrected chi connectivity index (χ3v) is 5.10. The highest BCUT2D eigenvalue weighted by atomic mass is 16.6. The van der Waals surface area contributed by atoms with E-state index in [1.54, 1.807) is 30.3 Å². The molecule has 0 fully saturated rings. The Bertz CT molecular complexity index is 1350. The molecule has 3 aromatic rings. The molecule has 10 heteroatoms. The van der Waals surface area contributed by atoms with Crippen molar-refractivity contribution >= 4 is 35.5 Å². The lowest BCUT2D eigenvalue weighted by atomic mass is 10.1. The first-order chi connectivity index (χ1) is 16.8. The van der Waals surface area contributed by atoms with Crippen molar-refractivity contribution in [2.75, 3.05) is 6.73 Å². The molecule has 35 heavy (non-hydrogen) atoms. The zero-order valence-electron chi connectivity index (χ0n) is 18.0. The first-order valence-electron chi connectivity index (χ1n) is 10.3. The Labute approximate surface area is 198 Å². The van der Waals surface area contributed by atoms with E-state index in [0.717, 1.165) is 4.90 Å². The molecule has 3 amide bonds. The topological polar surface area (TPSA) is 136 Å². The van der Waals surface area contributed by atoms with E-state index >= 15 is 0 Å². The third-order valence-electron chi connectivity index (χ3n) is 5.10. The van der Waals surface area contributed by atoms with Crippen molar-refractivity contribution in [1.29, 1.82) is 0 Å². The van der Waals surface area contributed by atoms with Gasteiger partial charge in [-0.15, -0.1) is 0 Å². The van der Waals surface area contributed by atoms with Crippen molar-refractivity contribution in [3.63, 3.8) is 0 Å². The van der Waals surface area contributed by atoms with E-state index in [4.69, 9.17) is 4.74 Å². The highest BCUT2D eigenvalue weighted by molar-refractivity contribution is 6.21. The number of nitrogens with one attached hydrogen (secondary N) is 1. The van der Waals surface area contributed by atoms with Gasteiger partial charge in [0.25, 0.3) is 23.4 Å². The van der Waals surface area contributed by atoms with Gasteiger partial charge in [0.15, 0.2) is 6.73 Å². The third kappa shape index (κ3) is 4.96. The molecule has 0 saturated carbocycles. The maximum atomic E-state index is 12.9. The first kappa shape index (κ1) is 23.1. The van der Waals surface area contributed by atoms with E-state index in [2.05, 4.69) is 5.32 Å². The fourth-order valence-corrected chi connectivity index (χ4v) is 3.38. The lowest BCUT2D eigenvalue weighted by Crippen LogP contribution is -2.35. The van der Waals surface area contributed by atoms with Gasteiger partial charge in [-0.25, -0.2) is 9.69 Å². The molecule has 0 bridgehead atoms. The second kappa shape index (κ2) is 9.79. The molecule has 0 atom stereocenters. The van der Waals surface area contributed by atoms with E-state index in [1.807, 2.05) is 0 Å². The number of ether oxygens (including phenoxy) is 1. The Kier molecular flexibility index (Phi) is 6.45. The van der Waals surface area contributed by atoms with Crippen LogP contribution in [0.15, 0.2) is 84.6 Å². The van der Waals surface area contributed by atoms with Crippen molar-refractivity contribution < 1.29 is 28.8 Å². The molecule has 0 aliphatic carbocycles. The fourth-order valence-electron chi connectivity index (χ4n) is 3.38. The summed E-state index contributed by atoms with van der Waals surface area (Å²) in [5, 5.41) is 13.5. The fraction of sp³-hybridized carbons (Fsp3) is 0.0400. The van der Waals surface area contributed by atoms with Crippen LogP contribution in [-0.2, 0) is 9.53 Å². The number of carbonyl (C=O) groups is 4. The van der Waals surface area contributed by atoms with E-state index in [9.17, 15) is 29.3 Å². The SMILES string of the molecule is O=C(OCN1C(=O)c2ccccc2C1=O)/C(=C\c1cccc([N+](=O)[O-])c1)NC(=O)c1ccccc1. The molecular weight excluding hydrogens is 454 g/mol. The number of amides is 3. The molecule has 174 valence electrons. The monoisotopic (exact) mass is 471 g/mol. The predicted molar refractivity (Wildman–Crippen MR) is 123 cm³/mol. The number of hydrogen-bond acceptors (Lipinski definition) is 7. The lowest BCUT2D eigenvalue weighted by Gasteiger charge is -2.15. The minimum Gasteiger partial charge on any atom is -0.439 e. The van der Waals surface area contributed by atoms with Crippen molar-refractivity contribution in [2.24, 2.45) is 0 Å². The van der Waals surface area contributed by atoms with Crippen LogP contribution in [-0.4, -0.2) is 40.2 Å². The summed E-state index contributed by atoms with van der Waals surface area (Å²) >= 11 is 0. The molecule has 3 aromatic carbocycles. The van der Waals surface area contributed by atoms with Gasteiger partial charge in [0.05, 0.1) is 16.1 Å². The van der Waals surface area contributed by atoms with Gasteiger partial charge in [-0.05, 0) is 35.9 Å². The highest BCUT2D eigenvalue weighted by Crippen LogP contribution is 2.22. The molecule has 0 aromatic heterocycles. The van der Waals surface area contributed by atoms with Gasteiger partial charge in [-0.2, -0.15) is 0 Å². The molecule has 1 heterocycles. The van der Waals surface area contributed by atoms with Crippen molar-refractivity contribution in [1.82, 2.24) is 10.2 Å². The van der Waals surface area contributed by atoms with E-state index in [0.29, 0.717) is 0 Å². The molecule has 0 unspecified atom stereocenters. The minimum atomic E-state index is -1.04. The number of fused-ring (bicyclic) bond motifs is 1. The van der Waals surface area contributed by atoms with Gasteiger partial charge in [-0.1, -0.05) is 42.5 Å². The van der Waals surface area contributed by atoms with Crippen LogP contribution in [0.3, 0.4) is 0 Å². The second-order valence-electron chi connectivity index (χ2n) is 7.38. The van der Waals surface area contributed by atoms with Crippen LogP contribution >= 0.6 is 0 Å². The van der Waals surface area contributed by atoms with Crippen LogP contribution in [0.25, 0.3) is 6.08 Å². The molecule has 0 spiro atoms. The molecular formula is C25H17N3O7. The van der Waals surface area contributed by atoms with E-state index in [1.165, 1.54) is 54.6 Å². The van der Waals surface area contributed by atoms with Crippen LogP contribution in [0.1, 0.15) is 36.6 Å². The average molecular weight is 471 g/mol. The van der Waals surface area contributed by atoms with Gasteiger partial charge < -0.3 is 10.1 Å². The van der Waals surface area contributed by atoms with Gasteiger partial charge in [0, 0.05) is 17.7 Å². The Morgan fingerprint density at radius 3 is 2.17 bits per heavy atom. The minimum absolute atomic E-state index is 0.193. The largest absolute Gasteiger partial charge is 0.439 e. The van der Waals surface area contributed by atoms with Crippen LogP contribution in [0.4, 0.5) is 5.69 Å². The van der Waals surface area contributed by atoms with Crippen LogP contribution < -0.4 is 5.32 Å². The zero-order chi connectivity index (χ0) is 24.9. The van der Waals surface area contributed by atoms with Crippen molar-refractivity contribution in [2.45, 2.75) is 0 Å². The number of nitrogens with zero attached hydrogens (tertiary/aromatic N) is 2. The van der Waals surface area contributed by atoms with Gasteiger partial charge >= 0.3 is 5.97 Å². The number of rotatable bonds is 7. The summed E-state index contributed by atoms with van der Waals surface area (Å²) < 4.78 is 5.18. The summed E-state index contributed by atoms with van der Waals surface area (Å²) in [7, 11) is 0. The Morgan fingerprint density at radius 2 is 1.54 bits per heavy atom. The molecule has 0 saturated heterocycles. The Hall–Kier alpha value is -5.12. The van der Waals surface area contributed by atoms with Crippen molar-refractivity contribution in [3.05, 3.63) is 117 Å². The standard InChI is InChI=1S/C25H17N3O7/c29-22(17-8-2-1-3-9-17)26-21(14-16-7-6-10-18(13-16)28(33)34)25(32)35-15-27-23(30)19-11-4-5-12-20(19)24(27)31/h1-14H,15H2,(H,26,29)/b21-14+. The van der Waals surface area contributed by atoms with Crippen LogP contribution in [0.2, 0.25) is 0 Å². The predicted octanol–water partition coefficient (Wildman–Crippen LogP) is 3.16. The lowest BCUT2D eigenvalue weighted by molar-refractivity contribution is -0.384. The number of benzene rings is 3. The molecule has 1 N–H and O–H groups in total. The quantitative estimate of drug-likeness (QED) is 0.184. The second-order valence-corrected chi connectivity index (χ2v) is 7.38. The maximum Gasteiger partial charge on any atom is 0.356 e. The summed E-state index contributed by atoms with van der Waals surface area (Å²) in [6.45, 7) is -0.682. The average Bonchev–Trinajstić information content (AvgIpc) is 3.12. The molecule has 4 rings (SSSR count). The summed E-state index contributed by atoms with van der Waals surface area (Å²) in [4.78, 5) is 61.8. The summed E-state index contributed by atoms with van der Waals surface area (Å²) in [6, 6.07) is 19.7. The summed E-state index contributed by atoms with van der Waals surface area (Å²) in [5.41, 5.74) is 0.338. The van der Waals surface area contributed by atoms with Gasteiger partial charge in [-0.3, -0.25) is 24.5 Å². The summed E-state index contributed by atoms with van der Waals surface area (Å²) in [5.74, 6) is -2.90. The zero-order valence-corrected chi connectivity index (χ0v) is 18.0. The first-order valence-corrected chi connectivity index (χ1v) is 10.3. The van der Waals surface area contributed by atoms with Crippen LogP contribution in [0.5, 0.6) is 0 Å². The number of carbonyl (C=O) groups excluding carboxylic acids is 4. The molecule has 10 nitrogen and oxygen atoms in total.